The SMILES string of the molecule is COc1ccnc(C(=O)N(C)[C@H](CCNC(=O)c2cccn2C)Cc2ccccc2)n1. The van der Waals surface area contributed by atoms with E-state index in [1.807, 2.05) is 49.6 Å². The third-order valence-electron chi connectivity index (χ3n) is 5.15. The van der Waals surface area contributed by atoms with Gasteiger partial charge < -0.3 is 19.5 Å². The van der Waals surface area contributed by atoms with Gasteiger partial charge in [0.1, 0.15) is 5.69 Å². The van der Waals surface area contributed by atoms with Gasteiger partial charge in [-0.25, -0.2) is 4.98 Å². The molecular formula is C23H27N5O3. The van der Waals surface area contributed by atoms with E-state index < -0.39 is 0 Å². The van der Waals surface area contributed by atoms with Crippen LogP contribution in [0.1, 0.15) is 33.1 Å². The minimum Gasteiger partial charge on any atom is -0.481 e. The molecule has 31 heavy (non-hydrogen) atoms. The molecule has 2 aromatic heterocycles. The largest absolute Gasteiger partial charge is 0.481 e. The standard InChI is InChI=1S/C23H27N5O3/c1-27-15-7-10-19(27)22(29)25-13-11-18(16-17-8-5-4-6-9-17)28(2)23(30)21-24-14-12-20(26-21)31-3/h4-10,12,14-15,18H,11,13,16H2,1-3H3,(H,25,29)/t18-/m1/s1. The number of methoxy groups -OCH3 is 1. The van der Waals surface area contributed by atoms with Crippen molar-refractivity contribution in [2.24, 2.45) is 7.05 Å². The lowest BCUT2D eigenvalue weighted by atomic mass is 10.0. The van der Waals surface area contributed by atoms with Crippen molar-refractivity contribution in [3.05, 3.63) is 78.0 Å². The molecule has 0 saturated carbocycles. The smallest absolute Gasteiger partial charge is 0.291 e. The van der Waals surface area contributed by atoms with Crippen molar-refractivity contribution < 1.29 is 14.3 Å². The van der Waals surface area contributed by atoms with Gasteiger partial charge in [0.2, 0.25) is 11.7 Å². The number of aryl methyl sites for hydroxylation is 1. The molecule has 0 fully saturated rings. The molecule has 1 aromatic carbocycles. The predicted octanol–water partition coefficient (Wildman–Crippen LogP) is 2.33. The van der Waals surface area contributed by atoms with Crippen molar-refractivity contribution in [3.63, 3.8) is 0 Å². The second kappa shape index (κ2) is 10.4. The molecule has 3 aromatic rings. The molecule has 162 valence electrons. The van der Waals surface area contributed by atoms with Gasteiger partial charge in [0.25, 0.3) is 11.8 Å². The molecule has 0 bridgehead atoms. The topological polar surface area (TPSA) is 89.4 Å². The van der Waals surface area contributed by atoms with E-state index >= 15 is 0 Å². The molecule has 0 aliphatic heterocycles. The Hall–Kier alpha value is -3.68. The minimum absolute atomic E-state index is 0.0766. The first-order valence-electron chi connectivity index (χ1n) is 10.1. The normalized spacial score (nSPS) is 11.6. The van der Waals surface area contributed by atoms with Crippen LogP contribution in [-0.4, -0.2) is 58.0 Å². The van der Waals surface area contributed by atoms with Crippen molar-refractivity contribution >= 4 is 11.8 Å². The van der Waals surface area contributed by atoms with Crippen LogP contribution < -0.4 is 10.1 Å². The molecule has 1 atom stereocenters. The van der Waals surface area contributed by atoms with Crippen LogP contribution in [0.3, 0.4) is 0 Å². The van der Waals surface area contributed by atoms with Gasteiger partial charge in [0, 0.05) is 45.1 Å². The average Bonchev–Trinajstić information content (AvgIpc) is 3.24. The number of hydrogen-bond acceptors (Lipinski definition) is 5. The number of likely N-dealkylation sites (N-methyl/N-ethyl adjacent to an activating group) is 1. The lowest BCUT2D eigenvalue weighted by molar-refractivity contribution is 0.0709. The fourth-order valence-corrected chi connectivity index (χ4v) is 3.34. The third-order valence-corrected chi connectivity index (χ3v) is 5.15. The maximum Gasteiger partial charge on any atom is 0.291 e. The fourth-order valence-electron chi connectivity index (χ4n) is 3.34. The van der Waals surface area contributed by atoms with Gasteiger partial charge >= 0.3 is 0 Å². The summed E-state index contributed by atoms with van der Waals surface area (Å²) >= 11 is 0. The van der Waals surface area contributed by atoms with Crippen molar-refractivity contribution in [2.45, 2.75) is 18.9 Å². The Bertz CT molecular complexity index is 1020. The number of hydrogen-bond donors (Lipinski definition) is 1. The summed E-state index contributed by atoms with van der Waals surface area (Å²) in [4.78, 5) is 35.3. The average molecular weight is 422 g/mol. The maximum absolute atomic E-state index is 13.0. The second-order valence-corrected chi connectivity index (χ2v) is 7.23. The minimum atomic E-state index is -0.298. The van der Waals surface area contributed by atoms with Crippen LogP contribution in [0.25, 0.3) is 0 Å². The molecule has 0 unspecified atom stereocenters. The predicted molar refractivity (Wildman–Crippen MR) is 117 cm³/mol. The first-order valence-corrected chi connectivity index (χ1v) is 10.1. The zero-order valence-corrected chi connectivity index (χ0v) is 18.0. The fraction of sp³-hybridized carbons (Fsp3) is 0.304. The highest BCUT2D eigenvalue weighted by atomic mass is 16.5. The Morgan fingerprint density at radius 1 is 1.16 bits per heavy atom. The number of carbonyl (C=O) groups excluding carboxylic acids is 2. The second-order valence-electron chi connectivity index (χ2n) is 7.23. The van der Waals surface area contributed by atoms with Gasteiger partial charge in [-0.3, -0.25) is 9.59 Å². The molecule has 0 saturated heterocycles. The van der Waals surface area contributed by atoms with Crippen LogP contribution >= 0.6 is 0 Å². The number of benzene rings is 1. The Morgan fingerprint density at radius 2 is 1.94 bits per heavy atom. The molecule has 0 aliphatic carbocycles. The lowest BCUT2D eigenvalue weighted by Gasteiger charge is -2.28. The van der Waals surface area contributed by atoms with Crippen LogP contribution in [0, 0.1) is 0 Å². The quantitative estimate of drug-likeness (QED) is 0.573. The van der Waals surface area contributed by atoms with Gasteiger partial charge in [0.05, 0.1) is 7.11 Å². The summed E-state index contributed by atoms with van der Waals surface area (Å²) in [6.07, 6.45) is 4.55. The first-order chi connectivity index (χ1) is 15.0. The zero-order valence-electron chi connectivity index (χ0n) is 18.0. The van der Waals surface area contributed by atoms with Gasteiger partial charge in [-0.05, 0) is 30.5 Å². The Labute approximate surface area is 181 Å². The summed E-state index contributed by atoms with van der Waals surface area (Å²) in [6.45, 7) is 0.429. The Kier molecular flexibility index (Phi) is 7.37. The van der Waals surface area contributed by atoms with Gasteiger partial charge in [0.15, 0.2) is 0 Å². The summed E-state index contributed by atoms with van der Waals surface area (Å²) in [5.74, 6) is -0.0291. The van der Waals surface area contributed by atoms with Crippen molar-refractivity contribution in [1.29, 1.82) is 0 Å². The van der Waals surface area contributed by atoms with Crippen LogP contribution in [0.2, 0.25) is 0 Å². The molecule has 0 radical (unpaired) electrons. The number of carbonyl (C=O) groups is 2. The summed E-state index contributed by atoms with van der Waals surface area (Å²) in [5.41, 5.74) is 1.70. The van der Waals surface area contributed by atoms with Gasteiger partial charge in [-0.1, -0.05) is 30.3 Å². The Morgan fingerprint density at radius 3 is 2.61 bits per heavy atom. The summed E-state index contributed by atoms with van der Waals surface area (Å²) < 4.78 is 6.88. The molecule has 1 N–H and O–H groups in total. The van der Waals surface area contributed by atoms with E-state index in [4.69, 9.17) is 4.74 Å². The van der Waals surface area contributed by atoms with E-state index in [0.717, 1.165) is 5.56 Å². The molecule has 2 heterocycles. The molecular weight excluding hydrogens is 394 g/mol. The molecule has 0 aliphatic rings. The van der Waals surface area contributed by atoms with E-state index in [1.54, 1.807) is 28.6 Å². The van der Waals surface area contributed by atoms with E-state index in [9.17, 15) is 9.59 Å². The highest BCUT2D eigenvalue weighted by Crippen LogP contribution is 2.14. The van der Waals surface area contributed by atoms with Crippen molar-refractivity contribution in [3.8, 4) is 5.88 Å². The molecule has 8 nitrogen and oxygen atoms in total. The van der Waals surface area contributed by atoms with Crippen LogP contribution in [0.4, 0.5) is 0 Å². The van der Waals surface area contributed by atoms with Crippen molar-refractivity contribution in [2.75, 3.05) is 20.7 Å². The van der Waals surface area contributed by atoms with E-state index in [2.05, 4.69) is 15.3 Å². The van der Waals surface area contributed by atoms with Gasteiger partial charge in [-0.2, -0.15) is 4.98 Å². The Balaban J connectivity index is 1.71. The monoisotopic (exact) mass is 421 g/mol. The molecule has 2 amide bonds. The highest BCUT2D eigenvalue weighted by Gasteiger charge is 2.24. The van der Waals surface area contributed by atoms with Crippen LogP contribution in [-0.2, 0) is 13.5 Å². The van der Waals surface area contributed by atoms with Crippen LogP contribution in [0.5, 0.6) is 5.88 Å². The van der Waals surface area contributed by atoms with Crippen LogP contribution in [0.15, 0.2) is 60.9 Å². The number of amides is 2. The summed E-state index contributed by atoms with van der Waals surface area (Å²) in [6, 6.07) is 15.0. The number of ether oxygens (including phenoxy) is 1. The lowest BCUT2D eigenvalue weighted by Crippen LogP contribution is -2.41. The highest BCUT2D eigenvalue weighted by molar-refractivity contribution is 5.92. The van der Waals surface area contributed by atoms with E-state index in [0.29, 0.717) is 31.0 Å². The van der Waals surface area contributed by atoms with E-state index in [-0.39, 0.29) is 23.7 Å². The molecule has 0 spiro atoms. The van der Waals surface area contributed by atoms with Crippen molar-refractivity contribution in [1.82, 2.24) is 24.8 Å². The number of nitrogens with zero attached hydrogens (tertiary/aromatic N) is 4. The van der Waals surface area contributed by atoms with E-state index in [1.165, 1.54) is 13.3 Å². The number of aromatic nitrogens is 3. The summed E-state index contributed by atoms with van der Waals surface area (Å²) in [7, 11) is 5.05. The number of nitrogens with one attached hydrogen (secondary N) is 1. The maximum atomic E-state index is 13.0. The summed E-state index contributed by atoms with van der Waals surface area (Å²) in [5, 5.41) is 2.94. The molecule has 3 rings (SSSR count). The number of rotatable bonds is 9. The van der Waals surface area contributed by atoms with Gasteiger partial charge in [-0.15, -0.1) is 0 Å². The third kappa shape index (κ3) is 5.69. The molecule has 8 heteroatoms. The first kappa shape index (κ1) is 22.0. The zero-order chi connectivity index (χ0) is 22.2.